The van der Waals surface area contributed by atoms with Crippen LogP contribution < -0.4 is 0 Å². The van der Waals surface area contributed by atoms with Gasteiger partial charge in [0.25, 0.3) is 0 Å². The predicted octanol–water partition coefficient (Wildman–Crippen LogP) is 22.4. The average molecular weight is 1070 g/mol. The molecule has 0 fully saturated rings. The normalized spacial score (nSPS) is 20.1. The molecular weight excluding hydrogens is 969 g/mol. The van der Waals surface area contributed by atoms with Crippen molar-refractivity contribution in [3.05, 3.63) is 290 Å². The Kier molecular flexibility index (Phi) is 4.31. The largest absolute Gasteiger partial charge is 0.456 e. The third kappa shape index (κ3) is 7.34. The van der Waals surface area contributed by atoms with Gasteiger partial charge in [-0.25, -0.2) is 0 Å². The molecule has 15 aromatic carbocycles. The van der Waals surface area contributed by atoms with E-state index >= 15 is 0 Å². The highest BCUT2D eigenvalue weighted by Crippen LogP contribution is 2.49. The summed E-state index contributed by atoms with van der Waals surface area (Å²) in [6.07, 6.45) is 0. The van der Waals surface area contributed by atoms with Gasteiger partial charge in [0.2, 0.25) is 0 Å². The van der Waals surface area contributed by atoms with Gasteiger partial charge in [-0.15, -0.1) is 0 Å². The Morgan fingerprint density at radius 1 is 0.200 bits per heavy atom. The van der Waals surface area contributed by atoms with E-state index in [-0.39, 0.29) is 5.39 Å². The van der Waals surface area contributed by atoms with Gasteiger partial charge in [0, 0.05) is 21.5 Å². The second kappa shape index (κ2) is 18.6. The topological polar surface area (TPSA) is 26.3 Å². The summed E-state index contributed by atoms with van der Waals surface area (Å²) >= 11 is 0. The maximum Gasteiger partial charge on any atom is 0.136 e. The highest BCUT2D eigenvalue weighted by Gasteiger charge is 2.22. The van der Waals surface area contributed by atoms with Gasteiger partial charge in [0.05, 0.1) is 65.8 Å². The summed E-state index contributed by atoms with van der Waals surface area (Å²) < 4.78 is 437. The van der Waals surface area contributed by atoms with Crippen LogP contribution in [0.2, 0.25) is 0 Å². The Labute approximate surface area is 529 Å². The lowest BCUT2D eigenvalue weighted by Crippen LogP contribution is -1.91. The molecule has 0 aliphatic heterocycles. The standard InChI is InChI=1S/C42H26O.C36H22O/c1-2-12-31-28(10-1)11-9-18-33(31)42-36-16-5-3-14-34(36)41(35-15-4-6-17-37(35)42)29-22-20-27(21-23-29)30-24-25-40-38(26-30)32-13-7-8-19-39(32)43-40;1-2-11-24-22-25(21-20-23(24)10-1)34-26-12-3-5-14-28(26)35(29-15-6-4-13-27(29)34)31-17-9-19-33-36(31)30-16-7-8-18-32(30)37-33/h1-26H;1-22H/i1D,2D,3D,4D,5D,6D,7D,8D,9D,10D,11D,12D,13D,14D,15D,16D,17D,18D,19D,20D,21D,22D,23D,24D,25D,26D;1D,2D,3D,4D,5D,6D,7D,8D,9D,10D,11D,12D,13D,14D,15D,16D,17D,18D,19D,20D,21D,22D. The number of rotatable bonds is 5. The van der Waals surface area contributed by atoms with E-state index in [0.29, 0.717) is 0 Å². The maximum absolute atomic E-state index is 9.51. The molecule has 0 saturated carbocycles. The fourth-order valence-electron chi connectivity index (χ4n) is 9.69. The molecule has 0 aliphatic carbocycles. The van der Waals surface area contributed by atoms with Crippen LogP contribution in [0.4, 0.5) is 0 Å². The van der Waals surface area contributed by atoms with Crippen molar-refractivity contribution in [2.75, 3.05) is 0 Å². The second-order valence-electron chi connectivity index (χ2n) is 17.3. The molecule has 372 valence electrons. The maximum atomic E-state index is 9.51. The van der Waals surface area contributed by atoms with E-state index in [4.69, 9.17) is 51.3 Å². The quantitative estimate of drug-likeness (QED) is 0.161. The Bertz CT molecular complexity index is 8070. The molecule has 0 bridgehead atoms. The van der Waals surface area contributed by atoms with E-state index in [9.17, 15) is 23.3 Å². The minimum Gasteiger partial charge on any atom is -0.456 e. The van der Waals surface area contributed by atoms with Crippen LogP contribution in [0.25, 0.3) is 164 Å². The molecule has 0 radical (unpaired) electrons. The molecule has 80 heavy (non-hydrogen) atoms. The zero-order valence-electron chi connectivity index (χ0n) is 87.8. The number of fused-ring (bicyclic) bond motifs is 12. The van der Waals surface area contributed by atoms with Crippen molar-refractivity contribution in [2.24, 2.45) is 0 Å². The molecular formula is C78H48O2. The molecule has 0 unspecified atom stereocenters. The van der Waals surface area contributed by atoms with E-state index in [0.717, 1.165) is 0 Å². The first-order valence-electron chi connectivity index (χ1n) is 47.6. The van der Waals surface area contributed by atoms with Crippen molar-refractivity contribution < 1.29 is 74.6 Å². The summed E-state index contributed by atoms with van der Waals surface area (Å²) in [7, 11) is 0. The molecule has 0 N–H and O–H groups in total. The highest BCUT2D eigenvalue weighted by atomic mass is 16.3. The summed E-state index contributed by atoms with van der Waals surface area (Å²) in [4.78, 5) is 0. The lowest BCUT2D eigenvalue weighted by Gasteiger charge is -2.19. The van der Waals surface area contributed by atoms with Gasteiger partial charge in [-0.1, -0.05) is 254 Å². The Hall–Kier alpha value is -10.5. The lowest BCUT2D eigenvalue weighted by molar-refractivity contribution is 0.668. The molecule has 0 saturated heterocycles. The summed E-state index contributed by atoms with van der Waals surface area (Å²) in [5, 5.41) is -9.36. The van der Waals surface area contributed by atoms with Crippen LogP contribution in [-0.4, -0.2) is 0 Å². The van der Waals surface area contributed by atoms with Crippen molar-refractivity contribution in [1.82, 2.24) is 0 Å². The van der Waals surface area contributed by atoms with Gasteiger partial charge >= 0.3 is 0 Å². The average Bonchev–Trinajstić information content (AvgIpc) is 0.855. The molecule has 2 aromatic heterocycles. The molecule has 17 aromatic rings. The number of para-hydroxylation sites is 2. The van der Waals surface area contributed by atoms with Gasteiger partial charge in [0.1, 0.15) is 22.3 Å². The van der Waals surface area contributed by atoms with Crippen molar-refractivity contribution in [3.63, 3.8) is 0 Å². The van der Waals surface area contributed by atoms with E-state index in [1.807, 2.05) is 0 Å². The van der Waals surface area contributed by atoms with Crippen LogP contribution in [0.3, 0.4) is 0 Å². The first kappa shape index (κ1) is 18.6. The van der Waals surface area contributed by atoms with Crippen molar-refractivity contribution in [3.8, 4) is 55.6 Å². The second-order valence-corrected chi connectivity index (χ2v) is 17.3. The monoisotopic (exact) mass is 1060 g/mol. The lowest BCUT2D eigenvalue weighted by atomic mass is 9.84. The third-order valence-corrected chi connectivity index (χ3v) is 13.0. The summed E-state index contributed by atoms with van der Waals surface area (Å²) in [6, 6.07) is -42.0. The van der Waals surface area contributed by atoms with Gasteiger partial charge < -0.3 is 8.83 Å². The van der Waals surface area contributed by atoms with Gasteiger partial charge in [-0.3, -0.25) is 0 Å². The van der Waals surface area contributed by atoms with Crippen molar-refractivity contribution in [2.45, 2.75) is 0 Å². The molecule has 2 nitrogen and oxygen atoms in total. The van der Waals surface area contributed by atoms with E-state index in [2.05, 4.69) is 0 Å². The smallest absolute Gasteiger partial charge is 0.136 e. The number of hydrogen-bond donors (Lipinski definition) is 0. The fourth-order valence-corrected chi connectivity index (χ4v) is 9.69. The van der Waals surface area contributed by atoms with Gasteiger partial charge in [0.15, 0.2) is 0 Å². The molecule has 17 rings (SSSR count). The number of furan rings is 2. The molecule has 2 heterocycles. The Morgan fingerprint density at radius 3 is 1.23 bits per heavy atom. The zero-order valence-corrected chi connectivity index (χ0v) is 39.8. The number of benzene rings is 15. The molecule has 0 spiro atoms. The molecule has 0 aliphatic rings. The summed E-state index contributed by atoms with van der Waals surface area (Å²) in [5.41, 5.74) is -9.01. The SMILES string of the molecule is [2H]c1c([2H])c(-c2c3c([2H])c([2H])c([2H])c([2H])c3c(-c3c([2H])c([2H])c([2H])c4c([2H])c([2H])c([2H])c([2H])c34)c3c([2H])c([2H])c([2H])c([2H])c23)c([2H])c([2H])c1-c1c([2H])c([2H])c2oc3c([2H])c([2H])c([2H])c([2H])c3c2c1[2H].[2H]c1c([2H])c([2H])c2c(oc3c([2H])c([2H])c([2H])c(-c4c5c([2H])c([2H])c([2H])c([2H])c5c(-c5c([2H])c([2H])c6c([2H])c([2H])c([2H])c([2H])c6c5[2H])c5c([2H])c([2H])c([2H])c([2H])c45)c32)c1[2H]. The zero-order chi connectivity index (χ0) is 94.4. The summed E-state index contributed by atoms with van der Waals surface area (Å²) in [5.74, 6) is 0. The molecule has 2 heteroatoms. The predicted molar refractivity (Wildman–Crippen MR) is 340 cm³/mol. The third-order valence-electron chi connectivity index (χ3n) is 13.0. The van der Waals surface area contributed by atoms with Crippen LogP contribution in [0.1, 0.15) is 65.8 Å². The van der Waals surface area contributed by atoms with Gasteiger partial charge in [-0.2, -0.15) is 0 Å². The number of hydrogen-bond acceptors (Lipinski definition) is 2. The molecule has 0 atom stereocenters. The van der Waals surface area contributed by atoms with E-state index < -0.39 is 449 Å². The minimum atomic E-state index is -1.07. The Morgan fingerprint density at radius 2 is 0.588 bits per heavy atom. The van der Waals surface area contributed by atoms with Crippen LogP contribution in [0.5, 0.6) is 0 Å². The Balaban J connectivity index is 0.000000190. The van der Waals surface area contributed by atoms with E-state index in [1.165, 1.54) is 0 Å². The van der Waals surface area contributed by atoms with E-state index in [1.54, 1.807) is 0 Å². The first-order valence-corrected chi connectivity index (χ1v) is 23.6. The van der Waals surface area contributed by atoms with Gasteiger partial charge in [-0.05, 0) is 157 Å². The fraction of sp³-hybridized carbons (Fsp3) is 0. The summed E-state index contributed by atoms with van der Waals surface area (Å²) in [6.45, 7) is 0. The van der Waals surface area contributed by atoms with Crippen LogP contribution in [-0.2, 0) is 0 Å². The molecule has 0 amide bonds. The van der Waals surface area contributed by atoms with Crippen molar-refractivity contribution >= 4 is 109 Å². The highest BCUT2D eigenvalue weighted by molar-refractivity contribution is 6.27. The first-order chi connectivity index (χ1) is 59.7. The van der Waals surface area contributed by atoms with Crippen molar-refractivity contribution in [1.29, 1.82) is 0 Å². The van der Waals surface area contributed by atoms with Crippen LogP contribution in [0, 0.1) is 0 Å². The van der Waals surface area contributed by atoms with Crippen LogP contribution in [0.15, 0.2) is 299 Å². The minimum absolute atomic E-state index is 0.377. The van der Waals surface area contributed by atoms with Crippen LogP contribution >= 0.6 is 0 Å².